The molecule has 1 unspecified atom stereocenters. The molecule has 6 nitrogen and oxygen atoms in total. The van der Waals surface area contributed by atoms with Crippen LogP contribution in [-0.2, 0) is 14.3 Å². The molecule has 2 heterocycles. The smallest absolute Gasteiger partial charge is 0.324 e. The van der Waals surface area contributed by atoms with Crippen molar-refractivity contribution in [2.45, 2.75) is 38.8 Å². The van der Waals surface area contributed by atoms with Gasteiger partial charge in [-0.05, 0) is 38.6 Å². The van der Waals surface area contributed by atoms with Crippen LogP contribution >= 0.6 is 11.3 Å². The molecule has 1 saturated heterocycles. The van der Waals surface area contributed by atoms with Crippen molar-refractivity contribution in [2.75, 3.05) is 18.4 Å². The number of esters is 1. The molecule has 1 aromatic heterocycles. The van der Waals surface area contributed by atoms with Crippen molar-refractivity contribution in [3.05, 3.63) is 23.7 Å². The van der Waals surface area contributed by atoms with Gasteiger partial charge in [0.25, 0.3) is 0 Å². The van der Waals surface area contributed by atoms with E-state index in [1.54, 1.807) is 16.8 Å². The molecule has 1 aliphatic rings. The Morgan fingerprint density at radius 1 is 1.50 bits per heavy atom. The number of thiazole rings is 1. The van der Waals surface area contributed by atoms with E-state index in [2.05, 4.69) is 10.3 Å². The first kappa shape index (κ1) is 16.9. The molecule has 1 N–H and O–H groups in total. The Hall–Kier alpha value is -1.99. The van der Waals surface area contributed by atoms with Gasteiger partial charge in [0, 0.05) is 12.2 Å². The molecular formula is C17H21N3O3S. The first-order valence-corrected chi connectivity index (χ1v) is 8.86. The number of anilines is 1. The minimum absolute atomic E-state index is 0.0812. The van der Waals surface area contributed by atoms with Crippen LogP contribution in [0.1, 0.15) is 27.2 Å². The lowest BCUT2D eigenvalue weighted by molar-refractivity contribution is -0.178. The van der Waals surface area contributed by atoms with Crippen molar-refractivity contribution in [1.82, 2.24) is 9.88 Å². The van der Waals surface area contributed by atoms with Crippen molar-refractivity contribution in [3.8, 4) is 0 Å². The molecule has 0 aliphatic carbocycles. The lowest BCUT2D eigenvalue weighted by Crippen LogP contribution is -2.57. The Balaban J connectivity index is 1.68. The SMILES string of the molecule is CCN1CC(C)(C)OC(=O)C1CC(=O)Nc1ccc2scnc2c1. The number of likely N-dealkylation sites (N-methyl/N-ethyl adjacent to an activating group) is 1. The molecule has 128 valence electrons. The number of aromatic nitrogens is 1. The highest BCUT2D eigenvalue weighted by molar-refractivity contribution is 7.16. The highest BCUT2D eigenvalue weighted by Crippen LogP contribution is 2.25. The number of hydrogen-bond donors (Lipinski definition) is 1. The highest BCUT2D eigenvalue weighted by atomic mass is 32.1. The van der Waals surface area contributed by atoms with E-state index in [0.717, 1.165) is 10.2 Å². The zero-order chi connectivity index (χ0) is 17.3. The van der Waals surface area contributed by atoms with Gasteiger partial charge >= 0.3 is 5.97 Å². The van der Waals surface area contributed by atoms with Crippen LogP contribution in [0.3, 0.4) is 0 Å². The standard InChI is InChI=1S/C17H21N3O3S/c1-4-20-9-17(2,3)23-16(22)13(20)8-15(21)19-11-5-6-14-12(7-11)18-10-24-14/h5-7,10,13H,4,8-9H2,1-3H3,(H,19,21). The number of fused-ring (bicyclic) bond motifs is 1. The Labute approximate surface area is 144 Å². The largest absolute Gasteiger partial charge is 0.457 e. The number of hydrogen-bond acceptors (Lipinski definition) is 6. The predicted molar refractivity (Wildman–Crippen MR) is 94.1 cm³/mol. The van der Waals surface area contributed by atoms with Gasteiger partial charge in [-0.25, -0.2) is 4.98 Å². The summed E-state index contributed by atoms with van der Waals surface area (Å²) in [5.74, 6) is -0.539. The van der Waals surface area contributed by atoms with Crippen molar-refractivity contribution in [3.63, 3.8) is 0 Å². The van der Waals surface area contributed by atoms with E-state index in [4.69, 9.17) is 4.74 Å². The summed E-state index contributed by atoms with van der Waals surface area (Å²) < 4.78 is 6.52. The van der Waals surface area contributed by atoms with Crippen molar-refractivity contribution >= 4 is 39.1 Å². The van der Waals surface area contributed by atoms with Gasteiger partial charge in [0.05, 0.1) is 22.1 Å². The third-order valence-corrected chi connectivity index (χ3v) is 4.88. The fourth-order valence-corrected chi connectivity index (χ4v) is 3.65. The van der Waals surface area contributed by atoms with Crippen LogP contribution in [0.2, 0.25) is 0 Å². The number of nitrogens with one attached hydrogen (secondary N) is 1. The Bertz CT molecular complexity index is 771. The average Bonchev–Trinajstić information content (AvgIpc) is 2.96. The number of carbonyl (C=O) groups excluding carboxylic acids is 2. The summed E-state index contributed by atoms with van der Waals surface area (Å²) >= 11 is 1.56. The van der Waals surface area contributed by atoms with Gasteiger partial charge in [0.15, 0.2) is 0 Å². The van der Waals surface area contributed by atoms with E-state index in [1.807, 2.05) is 43.9 Å². The molecule has 1 aliphatic heterocycles. The summed E-state index contributed by atoms with van der Waals surface area (Å²) in [5, 5.41) is 2.85. The zero-order valence-corrected chi connectivity index (χ0v) is 14.9. The van der Waals surface area contributed by atoms with Crippen molar-refractivity contribution in [2.24, 2.45) is 0 Å². The maximum atomic E-state index is 12.4. The number of rotatable bonds is 4. The summed E-state index contributed by atoms with van der Waals surface area (Å²) in [6.45, 7) is 7.06. The summed E-state index contributed by atoms with van der Waals surface area (Å²) in [7, 11) is 0. The minimum Gasteiger partial charge on any atom is -0.457 e. The van der Waals surface area contributed by atoms with E-state index >= 15 is 0 Å². The van der Waals surface area contributed by atoms with Crippen molar-refractivity contribution in [1.29, 1.82) is 0 Å². The fraction of sp³-hybridized carbons (Fsp3) is 0.471. The maximum absolute atomic E-state index is 12.4. The van der Waals surface area contributed by atoms with Crippen LogP contribution in [0.4, 0.5) is 5.69 Å². The Morgan fingerprint density at radius 2 is 2.29 bits per heavy atom. The first-order chi connectivity index (χ1) is 11.4. The van der Waals surface area contributed by atoms with E-state index in [1.165, 1.54) is 0 Å². The fourth-order valence-electron chi connectivity index (χ4n) is 2.99. The number of cyclic esters (lactones) is 1. The molecule has 1 atom stereocenters. The van der Waals surface area contributed by atoms with E-state index in [0.29, 0.717) is 18.8 Å². The summed E-state index contributed by atoms with van der Waals surface area (Å²) in [6.07, 6.45) is 0.0812. The number of amides is 1. The molecule has 2 aromatic rings. The average molecular weight is 347 g/mol. The van der Waals surface area contributed by atoms with Crippen LogP contribution in [-0.4, -0.2) is 46.5 Å². The zero-order valence-electron chi connectivity index (χ0n) is 14.0. The van der Waals surface area contributed by atoms with Gasteiger partial charge in [-0.1, -0.05) is 6.92 Å². The first-order valence-electron chi connectivity index (χ1n) is 7.98. The molecule has 1 fully saturated rings. The van der Waals surface area contributed by atoms with Gasteiger partial charge in [0.2, 0.25) is 5.91 Å². The number of carbonyl (C=O) groups is 2. The van der Waals surface area contributed by atoms with Crippen LogP contribution in [0.25, 0.3) is 10.2 Å². The molecular weight excluding hydrogens is 326 g/mol. The predicted octanol–water partition coefficient (Wildman–Crippen LogP) is 2.65. The second-order valence-electron chi connectivity index (χ2n) is 6.55. The normalized spacial score (nSPS) is 20.8. The number of benzene rings is 1. The van der Waals surface area contributed by atoms with Crippen LogP contribution in [0.15, 0.2) is 23.7 Å². The van der Waals surface area contributed by atoms with Gasteiger partial charge in [-0.2, -0.15) is 0 Å². The lowest BCUT2D eigenvalue weighted by Gasteiger charge is -2.41. The summed E-state index contributed by atoms with van der Waals surface area (Å²) in [4.78, 5) is 30.9. The lowest BCUT2D eigenvalue weighted by atomic mass is 10.0. The molecule has 0 spiro atoms. The third-order valence-electron chi connectivity index (χ3n) is 4.07. The number of ether oxygens (including phenoxy) is 1. The van der Waals surface area contributed by atoms with Crippen LogP contribution < -0.4 is 5.32 Å². The molecule has 7 heteroatoms. The van der Waals surface area contributed by atoms with E-state index in [-0.39, 0.29) is 18.3 Å². The Morgan fingerprint density at radius 3 is 3.04 bits per heavy atom. The van der Waals surface area contributed by atoms with Gasteiger partial charge in [-0.3, -0.25) is 14.5 Å². The summed E-state index contributed by atoms with van der Waals surface area (Å²) in [6, 6.07) is 5.08. The number of morpholine rings is 1. The molecule has 1 amide bonds. The third kappa shape index (κ3) is 3.57. The number of nitrogens with zero attached hydrogens (tertiary/aromatic N) is 2. The topological polar surface area (TPSA) is 71.5 Å². The van der Waals surface area contributed by atoms with E-state index in [9.17, 15) is 9.59 Å². The maximum Gasteiger partial charge on any atom is 0.324 e. The molecule has 0 bridgehead atoms. The molecule has 1 aromatic carbocycles. The van der Waals surface area contributed by atoms with Gasteiger partial charge in [-0.15, -0.1) is 11.3 Å². The monoisotopic (exact) mass is 347 g/mol. The molecule has 0 radical (unpaired) electrons. The van der Waals surface area contributed by atoms with Gasteiger partial charge < -0.3 is 10.1 Å². The molecule has 24 heavy (non-hydrogen) atoms. The Kier molecular flexibility index (Phi) is 4.56. The van der Waals surface area contributed by atoms with Crippen LogP contribution in [0, 0.1) is 0 Å². The molecule has 0 saturated carbocycles. The second-order valence-corrected chi connectivity index (χ2v) is 7.43. The second kappa shape index (κ2) is 6.49. The highest BCUT2D eigenvalue weighted by Gasteiger charge is 2.40. The minimum atomic E-state index is -0.536. The van der Waals surface area contributed by atoms with Gasteiger partial charge in [0.1, 0.15) is 11.6 Å². The van der Waals surface area contributed by atoms with E-state index < -0.39 is 11.6 Å². The van der Waals surface area contributed by atoms with Crippen molar-refractivity contribution < 1.29 is 14.3 Å². The quantitative estimate of drug-likeness (QED) is 0.861. The summed E-state index contributed by atoms with van der Waals surface area (Å²) in [5.41, 5.74) is 2.79. The van der Waals surface area contributed by atoms with Crippen LogP contribution in [0.5, 0.6) is 0 Å². The molecule has 3 rings (SSSR count).